The molecule has 0 spiro atoms. The zero-order valence-corrected chi connectivity index (χ0v) is 10.8. The van der Waals surface area contributed by atoms with E-state index in [0.29, 0.717) is 12.5 Å². The summed E-state index contributed by atoms with van der Waals surface area (Å²) in [6, 6.07) is 0. The van der Waals surface area contributed by atoms with Crippen LogP contribution in [-0.4, -0.2) is 25.7 Å². The van der Waals surface area contributed by atoms with Crippen molar-refractivity contribution < 1.29 is 8.42 Å². The summed E-state index contributed by atoms with van der Waals surface area (Å²) in [6.45, 7) is 0.570. The Kier molecular flexibility index (Phi) is 3.51. The van der Waals surface area contributed by atoms with Gasteiger partial charge in [0.25, 0.3) is 0 Å². The Morgan fingerprint density at radius 3 is 2.19 bits per heavy atom. The number of nitrogens with one attached hydrogen (secondary N) is 1. The second kappa shape index (κ2) is 4.58. The van der Waals surface area contributed by atoms with Crippen LogP contribution in [0, 0.1) is 17.8 Å². The lowest BCUT2D eigenvalue weighted by atomic mass is 9.99. The fourth-order valence-corrected chi connectivity index (χ4v) is 3.62. The van der Waals surface area contributed by atoms with E-state index in [0.717, 1.165) is 11.8 Å². The van der Waals surface area contributed by atoms with Crippen molar-refractivity contribution in [3.05, 3.63) is 0 Å². The molecule has 6 heteroatoms. The molecule has 3 N–H and O–H groups in total. The van der Waals surface area contributed by atoms with Gasteiger partial charge in [-0.25, -0.2) is 13.1 Å². The van der Waals surface area contributed by atoms with Gasteiger partial charge in [0.1, 0.15) is 5.75 Å². The average molecular weight is 262 g/mol. The number of hydrogen-bond donors (Lipinski definition) is 2. The van der Waals surface area contributed by atoms with Crippen LogP contribution >= 0.6 is 12.2 Å². The minimum atomic E-state index is -3.30. The predicted octanol–water partition coefficient (Wildman–Crippen LogP) is 0.628. The summed E-state index contributed by atoms with van der Waals surface area (Å²) in [7, 11) is -3.30. The maximum atomic E-state index is 11.6. The van der Waals surface area contributed by atoms with E-state index >= 15 is 0 Å². The third kappa shape index (κ3) is 3.68. The lowest BCUT2D eigenvalue weighted by Crippen LogP contribution is -2.36. The van der Waals surface area contributed by atoms with E-state index in [2.05, 4.69) is 16.9 Å². The number of rotatable bonds is 7. The van der Waals surface area contributed by atoms with Crippen LogP contribution in [0.2, 0.25) is 0 Å². The molecule has 2 saturated carbocycles. The van der Waals surface area contributed by atoms with Crippen LogP contribution < -0.4 is 10.5 Å². The molecule has 0 saturated heterocycles. The van der Waals surface area contributed by atoms with Gasteiger partial charge in [0.2, 0.25) is 10.0 Å². The molecule has 0 aromatic rings. The first-order valence-electron chi connectivity index (χ1n) is 5.73. The van der Waals surface area contributed by atoms with Gasteiger partial charge in [-0.2, -0.15) is 0 Å². The minimum absolute atomic E-state index is 0.0295. The Labute approximate surface area is 102 Å². The molecule has 0 heterocycles. The van der Waals surface area contributed by atoms with Crippen LogP contribution in [0.15, 0.2) is 0 Å². The Morgan fingerprint density at radius 1 is 1.31 bits per heavy atom. The molecular weight excluding hydrogens is 244 g/mol. The van der Waals surface area contributed by atoms with E-state index in [4.69, 9.17) is 5.73 Å². The first-order valence-corrected chi connectivity index (χ1v) is 7.79. The highest BCUT2D eigenvalue weighted by Crippen LogP contribution is 2.48. The maximum absolute atomic E-state index is 11.6. The number of thiocarbonyl (C=S) groups is 1. The molecule has 0 bridgehead atoms. The normalized spacial score (nSPS) is 21.3. The third-order valence-corrected chi connectivity index (χ3v) is 4.95. The summed E-state index contributed by atoms with van der Waals surface area (Å²) in [5.74, 6) is 1.81. The molecule has 16 heavy (non-hydrogen) atoms. The molecule has 0 atom stereocenters. The summed E-state index contributed by atoms with van der Waals surface area (Å²) in [5.41, 5.74) is 5.24. The van der Waals surface area contributed by atoms with Gasteiger partial charge in [0.15, 0.2) is 0 Å². The minimum Gasteiger partial charge on any atom is -0.392 e. The SMILES string of the molecule is NC(=S)CS(=O)(=O)NCC(C1CC1)C1CC1. The average Bonchev–Trinajstić information content (AvgIpc) is 2.97. The molecule has 2 fully saturated rings. The highest BCUT2D eigenvalue weighted by molar-refractivity contribution is 7.92. The van der Waals surface area contributed by atoms with Crippen LogP contribution in [0.25, 0.3) is 0 Å². The Bertz CT molecular complexity index is 360. The molecule has 2 rings (SSSR count). The molecule has 0 aliphatic heterocycles. The van der Waals surface area contributed by atoms with Crippen molar-refractivity contribution in [2.45, 2.75) is 25.7 Å². The summed E-state index contributed by atoms with van der Waals surface area (Å²) in [6.07, 6.45) is 5.05. The monoisotopic (exact) mass is 262 g/mol. The van der Waals surface area contributed by atoms with E-state index in [9.17, 15) is 8.42 Å². The van der Waals surface area contributed by atoms with Crippen LogP contribution in [0.3, 0.4) is 0 Å². The smallest absolute Gasteiger partial charge is 0.218 e. The molecular formula is C10H18N2O2S2. The zero-order chi connectivity index (χ0) is 11.8. The first kappa shape index (κ1) is 12.3. The summed E-state index contributed by atoms with van der Waals surface area (Å²) in [4.78, 5) is 0.0295. The second-order valence-corrected chi connectivity index (χ2v) is 7.24. The third-order valence-electron chi connectivity index (χ3n) is 3.33. The summed E-state index contributed by atoms with van der Waals surface area (Å²) in [5, 5.41) is 0. The topological polar surface area (TPSA) is 72.2 Å². The van der Waals surface area contributed by atoms with E-state index in [1.54, 1.807) is 0 Å². The van der Waals surface area contributed by atoms with Crippen molar-refractivity contribution in [1.82, 2.24) is 4.72 Å². The quantitative estimate of drug-likeness (QED) is 0.660. The van der Waals surface area contributed by atoms with Gasteiger partial charge in [0.05, 0.1) is 4.99 Å². The van der Waals surface area contributed by atoms with E-state index in [1.165, 1.54) is 25.7 Å². The summed E-state index contributed by atoms with van der Waals surface area (Å²) < 4.78 is 25.7. The van der Waals surface area contributed by atoms with E-state index in [-0.39, 0.29) is 10.7 Å². The lowest BCUT2D eigenvalue weighted by molar-refractivity contribution is 0.402. The molecule has 2 aliphatic carbocycles. The van der Waals surface area contributed by atoms with E-state index in [1.807, 2.05) is 0 Å². The van der Waals surface area contributed by atoms with Crippen molar-refractivity contribution in [2.75, 3.05) is 12.3 Å². The van der Waals surface area contributed by atoms with Gasteiger partial charge in [-0.15, -0.1) is 0 Å². The largest absolute Gasteiger partial charge is 0.392 e. The molecule has 0 aromatic carbocycles. The Morgan fingerprint density at radius 2 is 1.81 bits per heavy atom. The van der Waals surface area contributed by atoms with E-state index < -0.39 is 10.0 Å². The van der Waals surface area contributed by atoms with Gasteiger partial charge >= 0.3 is 0 Å². The number of nitrogens with two attached hydrogens (primary N) is 1. The van der Waals surface area contributed by atoms with Crippen molar-refractivity contribution in [3.63, 3.8) is 0 Å². The first-order chi connectivity index (χ1) is 7.48. The van der Waals surface area contributed by atoms with Crippen LogP contribution in [0.4, 0.5) is 0 Å². The van der Waals surface area contributed by atoms with Crippen molar-refractivity contribution >= 4 is 27.2 Å². The van der Waals surface area contributed by atoms with Crippen molar-refractivity contribution in [1.29, 1.82) is 0 Å². The second-order valence-electron chi connectivity index (χ2n) is 4.91. The van der Waals surface area contributed by atoms with Gasteiger partial charge in [0, 0.05) is 6.54 Å². The molecule has 0 radical (unpaired) electrons. The molecule has 0 amide bonds. The Balaban J connectivity index is 1.82. The van der Waals surface area contributed by atoms with Gasteiger partial charge in [-0.05, 0) is 43.4 Å². The van der Waals surface area contributed by atoms with Gasteiger partial charge in [-0.1, -0.05) is 12.2 Å². The van der Waals surface area contributed by atoms with Crippen LogP contribution in [-0.2, 0) is 10.0 Å². The van der Waals surface area contributed by atoms with Crippen molar-refractivity contribution in [3.8, 4) is 0 Å². The van der Waals surface area contributed by atoms with Crippen molar-refractivity contribution in [2.24, 2.45) is 23.5 Å². The summed E-state index contributed by atoms with van der Waals surface area (Å²) >= 11 is 4.61. The maximum Gasteiger partial charge on any atom is 0.218 e. The molecule has 0 aromatic heterocycles. The Hall–Kier alpha value is -0.200. The standard InChI is InChI=1S/C10H18N2O2S2/c11-10(15)6-16(13,14)12-5-9(7-1-2-7)8-3-4-8/h7-9,12H,1-6H2,(H2,11,15). The highest BCUT2D eigenvalue weighted by atomic mass is 32.2. The predicted molar refractivity (Wildman–Crippen MR) is 67.5 cm³/mol. The van der Waals surface area contributed by atoms with Gasteiger partial charge in [-0.3, -0.25) is 0 Å². The number of sulfonamides is 1. The van der Waals surface area contributed by atoms with Gasteiger partial charge < -0.3 is 5.73 Å². The molecule has 4 nitrogen and oxygen atoms in total. The molecule has 2 aliphatic rings. The van der Waals surface area contributed by atoms with Crippen LogP contribution in [0.5, 0.6) is 0 Å². The highest BCUT2D eigenvalue weighted by Gasteiger charge is 2.41. The lowest BCUT2D eigenvalue weighted by Gasteiger charge is -2.16. The zero-order valence-electron chi connectivity index (χ0n) is 9.19. The fraction of sp³-hybridized carbons (Fsp3) is 0.900. The fourth-order valence-electron chi connectivity index (χ4n) is 2.23. The molecule has 0 unspecified atom stereocenters. The van der Waals surface area contributed by atoms with Crippen LogP contribution in [0.1, 0.15) is 25.7 Å². The number of hydrogen-bond acceptors (Lipinski definition) is 3. The molecule has 92 valence electrons.